The second-order valence-corrected chi connectivity index (χ2v) is 3.91. The zero-order valence-electron chi connectivity index (χ0n) is 9.73. The molecule has 3 nitrogen and oxygen atoms in total. The van der Waals surface area contributed by atoms with Crippen LogP contribution in [0.5, 0.6) is 0 Å². The maximum atomic E-state index is 12.8. The van der Waals surface area contributed by atoms with E-state index < -0.39 is 18.3 Å². The molecule has 0 saturated carbocycles. The number of amides is 1. The summed E-state index contributed by atoms with van der Waals surface area (Å²) in [6.45, 7) is 3.05. The zero-order chi connectivity index (χ0) is 14.1. The number of aryl methyl sites for hydroxylation is 2. The molecule has 1 aromatic rings. The second kappa shape index (κ2) is 4.83. The summed E-state index contributed by atoms with van der Waals surface area (Å²) in [4.78, 5) is 11.1. The fourth-order valence-electron chi connectivity index (χ4n) is 1.49. The lowest BCUT2D eigenvalue weighted by Gasteiger charge is -2.17. The van der Waals surface area contributed by atoms with E-state index in [1.54, 1.807) is 5.32 Å². The Morgan fingerprint density at radius 3 is 2.11 bits per heavy atom. The Hall–Kier alpha value is -1.79. The first-order chi connectivity index (χ1) is 8.16. The normalized spacial score (nSPS) is 11.7. The monoisotopic (exact) mass is 264 g/mol. The van der Waals surface area contributed by atoms with Crippen molar-refractivity contribution in [3.8, 4) is 0 Å². The summed E-state index contributed by atoms with van der Waals surface area (Å²) in [5.41, 5.74) is 6.81. The maximum Gasteiger partial charge on any atom is 0.383 e. The molecule has 0 heterocycles. The molecule has 0 saturated heterocycles. The zero-order valence-corrected chi connectivity index (χ0v) is 9.73. The Balaban J connectivity index is 3.03. The smallest absolute Gasteiger partial charge is 0.383 e. The molecule has 18 heavy (non-hydrogen) atoms. The number of rotatable bonds is 3. The number of anilines is 2. The molecule has 0 unspecified atom stereocenters. The lowest BCUT2D eigenvalue weighted by atomic mass is 10.1. The molecule has 0 fully saturated rings. The van der Waals surface area contributed by atoms with Crippen LogP contribution in [0.4, 0.5) is 28.9 Å². The summed E-state index contributed by atoms with van der Waals surface area (Å²) >= 11 is 0. The molecule has 0 aliphatic carbocycles. The van der Waals surface area contributed by atoms with Crippen molar-refractivity contribution >= 4 is 17.3 Å². The summed E-state index contributed by atoms with van der Waals surface area (Å²) in [5, 5.41) is 1.80. The Morgan fingerprint density at radius 2 is 1.72 bits per heavy atom. The van der Waals surface area contributed by atoms with Crippen molar-refractivity contribution in [3.63, 3.8) is 0 Å². The van der Waals surface area contributed by atoms with Crippen molar-refractivity contribution in [1.82, 2.24) is 0 Å². The molecule has 1 aromatic carbocycles. The number of benzene rings is 1. The van der Waals surface area contributed by atoms with E-state index in [0.29, 0.717) is 16.8 Å². The molecule has 0 aliphatic rings. The van der Waals surface area contributed by atoms with E-state index in [4.69, 9.17) is 5.73 Å². The Kier molecular flexibility index (Phi) is 3.83. The standard InChI is InChI=1S/C11H12F4N2O/c1-5-3-7(16)4-6(2)8(5)17-10(18)11(14,15)9(12)13/h3-4,9H,16H2,1-2H3,(H,17,18). The van der Waals surface area contributed by atoms with E-state index in [0.717, 1.165) is 0 Å². The second-order valence-electron chi connectivity index (χ2n) is 3.91. The Morgan fingerprint density at radius 1 is 1.28 bits per heavy atom. The van der Waals surface area contributed by atoms with Gasteiger partial charge < -0.3 is 11.1 Å². The first kappa shape index (κ1) is 14.3. The van der Waals surface area contributed by atoms with E-state index in [-0.39, 0.29) is 5.69 Å². The lowest BCUT2D eigenvalue weighted by Crippen LogP contribution is -2.41. The number of hydrogen-bond acceptors (Lipinski definition) is 2. The highest BCUT2D eigenvalue weighted by atomic mass is 19.3. The molecular formula is C11H12F4N2O. The molecule has 1 amide bonds. The minimum absolute atomic E-state index is 0.0644. The van der Waals surface area contributed by atoms with Crippen molar-refractivity contribution in [2.24, 2.45) is 0 Å². The van der Waals surface area contributed by atoms with E-state index in [1.807, 2.05) is 0 Å². The van der Waals surface area contributed by atoms with Crippen molar-refractivity contribution in [3.05, 3.63) is 23.3 Å². The highest BCUT2D eigenvalue weighted by Crippen LogP contribution is 2.28. The highest BCUT2D eigenvalue weighted by Gasteiger charge is 2.49. The SMILES string of the molecule is Cc1cc(N)cc(C)c1NC(=O)C(F)(F)C(F)F. The van der Waals surface area contributed by atoms with Gasteiger partial charge in [-0.2, -0.15) is 8.78 Å². The number of carbonyl (C=O) groups is 1. The summed E-state index contributed by atoms with van der Waals surface area (Å²) in [6, 6.07) is 2.90. The predicted molar refractivity (Wildman–Crippen MR) is 59.9 cm³/mol. The van der Waals surface area contributed by atoms with Gasteiger partial charge in [-0.05, 0) is 37.1 Å². The molecular weight excluding hydrogens is 252 g/mol. The first-order valence-corrected chi connectivity index (χ1v) is 5.00. The predicted octanol–water partition coefficient (Wildman–Crippen LogP) is 2.72. The largest absolute Gasteiger partial charge is 0.399 e. The van der Waals surface area contributed by atoms with Gasteiger partial charge in [-0.3, -0.25) is 4.79 Å². The fraction of sp³-hybridized carbons (Fsp3) is 0.364. The summed E-state index contributed by atoms with van der Waals surface area (Å²) in [5.74, 6) is -6.76. The molecule has 3 N–H and O–H groups in total. The Labute approximate surface area is 101 Å². The molecule has 7 heteroatoms. The van der Waals surface area contributed by atoms with Gasteiger partial charge in [-0.15, -0.1) is 0 Å². The van der Waals surface area contributed by atoms with Crippen LogP contribution < -0.4 is 11.1 Å². The van der Waals surface area contributed by atoms with Gasteiger partial charge in [0.25, 0.3) is 0 Å². The minimum atomic E-state index is -4.72. The molecule has 100 valence electrons. The van der Waals surface area contributed by atoms with Crippen LogP contribution in [0.25, 0.3) is 0 Å². The molecule has 0 aliphatic heterocycles. The number of halogens is 4. The van der Waals surface area contributed by atoms with Crippen molar-refractivity contribution in [2.45, 2.75) is 26.2 Å². The number of nitrogens with two attached hydrogens (primary N) is 1. The van der Waals surface area contributed by atoms with Gasteiger partial charge in [0.05, 0.1) is 0 Å². The van der Waals surface area contributed by atoms with Gasteiger partial charge in [0.15, 0.2) is 0 Å². The van der Waals surface area contributed by atoms with E-state index in [2.05, 4.69) is 0 Å². The third-order valence-corrected chi connectivity index (χ3v) is 2.37. The summed E-state index contributed by atoms with van der Waals surface area (Å²) in [7, 11) is 0. The van der Waals surface area contributed by atoms with E-state index in [1.165, 1.54) is 26.0 Å². The van der Waals surface area contributed by atoms with Crippen molar-refractivity contribution in [2.75, 3.05) is 11.1 Å². The number of alkyl halides is 4. The first-order valence-electron chi connectivity index (χ1n) is 5.00. The average Bonchev–Trinajstić information content (AvgIpc) is 2.22. The molecule has 0 atom stereocenters. The fourth-order valence-corrected chi connectivity index (χ4v) is 1.49. The van der Waals surface area contributed by atoms with Gasteiger partial charge in [0, 0.05) is 11.4 Å². The molecule has 0 radical (unpaired) electrons. The average molecular weight is 264 g/mol. The number of carbonyl (C=O) groups excluding carboxylic acids is 1. The number of hydrogen-bond donors (Lipinski definition) is 2. The van der Waals surface area contributed by atoms with Gasteiger partial charge in [0.1, 0.15) is 0 Å². The highest BCUT2D eigenvalue weighted by molar-refractivity contribution is 5.97. The topological polar surface area (TPSA) is 55.1 Å². The molecule has 0 spiro atoms. The van der Waals surface area contributed by atoms with Crippen LogP contribution >= 0.6 is 0 Å². The minimum Gasteiger partial charge on any atom is -0.399 e. The van der Waals surface area contributed by atoms with Crippen LogP contribution in [0.3, 0.4) is 0 Å². The third kappa shape index (κ3) is 2.72. The van der Waals surface area contributed by atoms with Crippen molar-refractivity contribution < 1.29 is 22.4 Å². The number of nitrogens with one attached hydrogen (secondary N) is 1. The summed E-state index contributed by atoms with van der Waals surface area (Å²) in [6.07, 6.45) is -4.05. The van der Waals surface area contributed by atoms with Crippen LogP contribution in [0.15, 0.2) is 12.1 Å². The van der Waals surface area contributed by atoms with Gasteiger partial charge in [0.2, 0.25) is 0 Å². The quantitative estimate of drug-likeness (QED) is 0.651. The number of nitrogen functional groups attached to an aromatic ring is 1. The molecule has 0 aromatic heterocycles. The Bertz CT molecular complexity index is 451. The van der Waals surface area contributed by atoms with Crippen LogP contribution in [0.2, 0.25) is 0 Å². The van der Waals surface area contributed by atoms with Crippen LogP contribution in [-0.2, 0) is 4.79 Å². The van der Waals surface area contributed by atoms with Crippen LogP contribution in [0.1, 0.15) is 11.1 Å². The van der Waals surface area contributed by atoms with Gasteiger partial charge in [-0.1, -0.05) is 0 Å². The van der Waals surface area contributed by atoms with Crippen molar-refractivity contribution in [1.29, 1.82) is 0 Å². The van der Waals surface area contributed by atoms with Gasteiger partial charge in [-0.25, -0.2) is 8.78 Å². The maximum absolute atomic E-state index is 12.8. The molecule has 0 bridgehead atoms. The summed E-state index contributed by atoms with van der Waals surface area (Å²) < 4.78 is 49.6. The lowest BCUT2D eigenvalue weighted by molar-refractivity contribution is -0.163. The van der Waals surface area contributed by atoms with Crippen LogP contribution in [-0.4, -0.2) is 18.3 Å². The van der Waals surface area contributed by atoms with E-state index >= 15 is 0 Å². The third-order valence-electron chi connectivity index (χ3n) is 2.37. The van der Waals surface area contributed by atoms with Crippen LogP contribution in [0, 0.1) is 13.8 Å². The van der Waals surface area contributed by atoms with E-state index in [9.17, 15) is 22.4 Å². The molecule has 1 rings (SSSR count). The van der Waals surface area contributed by atoms with Gasteiger partial charge >= 0.3 is 18.3 Å².